The van der Waals surface area contributed by atoms with Crippen molar-refractivity contribution in [1.82, 2.24) is 14.4 Å². The third-order valence-corrected chi connectivity index (χ3v) is 4.99. The molecule has 3 aromatic heterocycles. The lowest BCUT2D eigenvalue weighted by molar-refractivity contribution is 0.131. The smallest absolute Gasteiger partial charge is 0.137 e. The zero-order chi connectivity index (χ0) is 20.2. The molecule has 6 heteroatoms. The number of alkyl halides is 1. The molecule has 0 bridgehead atoms. The fourth-order valence-electron chi connectivity index (χ4n) is 3.28. The second-order valence-electron chi connectivity index (χ2n) is 7.04. The van der Waals surface area contributed by atoms with E-state index in [4.69, 9.17) is 4.98 Å². The summed E-state index contributed by atoms with van der Waals surface area (Å²) in [5.41, 5.74) is 5.98. The first kappa shape index (κ1) is 19.1. The number of aliphatic hydroxyl groups is 1. The summed E-state index contributed by atoms with van der Waals surface area (Å²) in [6.07, 6.45) is 5.97. The van der Waals surface area contributed by atoms with E-state index in [0.717, 1.165) is 39.4 Å². The molecule has 0 aliphatic carbocycles. The molecule has 1 aromatic carbocycles. The van der Waals surface area contributed by atoms with Crippen LogP contribution >= 0.6 is 0 Å². The highest BCUT2D eigenvalue weighted by atomic mass is 19.1. The minimum atomic E-state index is -0.896. The first-order chi connectivity index (χ1) is 14.2. The van der Waals surface area contributed by atoms with E-state index in [9.17, 15) is 9.50 Å². The van der Waals surface area contributed by atoms with Gasteiger partial charge in [0.05, 0.1) is 11.8 Å². The van der Waals surface area contributed by atoms with Crippen molar-refractivity contribution in [3.05, 3.63) is 72.7 Å². The molecule has 1 unspecified atom stereocenters. The van der Waals surface area contributed by atoms with Crippen LogP contribution in [0.25, 0.3) is 28.0 Å². The number of rotatable bonds is 7. The Bertz CT molecular complexity index is 1090. The normalized spacial score (nSPS) is 12.2. The van der Waals surface area contributed by atoms with Gasteiger partial charge in [-0.15, -0.1) is 0 Å². The van der Waals surface area contributed by atoms with Crippen LogP contribution in [0.4, 0.5) is 10.2 Å². The highest BCUT2D eigenvalue weighted by Crippen LogP contribution is 2.25. The molecule has 4 aromatic rings. The number of anilines is 1. The first-order valence-corrected chi connectivity index (χ1v) is 9.62. The van der Waals surface area contributed by atoms with Crippen molar-refractivity contribution < 1.29 is 9.50 Å². The van der Waals surface area contributed by atoms with E-state index < -0.39 is 12.8 Å². The summed E-state index contributed by atoms with van der Waals surface area (Å²) in [5.74, 6) is 0.841. The van der Waals surface area contributed by atoms with Crippen molar-refractivity contribution in [2.45, 2.75) is 18.9 Å². The van der Waals surface area contributed by atoms with Gasteiger partial charge >= 0.3 is 0 Å². The van der Waals surface area contributed by atoms with Gasteiger partial charge in [0.15, 0.2) is 0 Å². The molecule has 5 nitrogen and oxygen atoms in total. The standard InChI is InChI=1S/C23H23FN4O/c1-25-22-10-8-19(13-26-22)17-4-6-18(7-5-17)21-15-28-14-16(2-9-20(29)12-24)3-11-23(28)27-21/h3-8,10-11,13-15,20,29H,2,9,12H2,1H3,(H,25,26). The monoisotopic (exact) mass is 390 g/mol. The molecule has 0 saturated heterocycles. The fraction of sp³-hybridized carbons (Fsp3) is 0.217. The Labute approximate surface area is 168 Å². The lowest BCUT2D eigenvalue weighted by Gasteiger charge is -2.06. The van der Waals surface area contributed by atoms with E-state index in [1.807, 2.05) is 54.3 Å². The van der Waals surface area contributed by atoms with Crippen molar-refractivity contribution in [3.8, 4) is 22.4 Å². The lowest BCUT2D eigenvalue weighted by atomic mass is 10.0. The number of nitrogens with zero attached hydrogens (tertiary/aromatic N) is 3. The van der Waals surface area contributed by atoms with Gasteiger partial charge in [-0.1, -0.05) is 30.3 Å². The molecule has 0 amide bonds. The summed E-state index contributed by atoms with van der Waals surface area (Å²) in [7, 11) is 1.85. The minimum absolute atomic E-state index is 0.412. The molecule has 29 heavy (non-hydrogen) atoms. The Morgan fingerprint density at radius 1 is 1.00 bits per heavy atom. The third kappa shape index (κ3) is 4.27. The maximum absolute atomic E-state index is 12.4. The number of imidazole rings is 1. The zero-order valence-electron chi connectivity index (χ0n) is 16.2. The number of aliphatic hydroxyl groups excluding tert-OH is 1. The van der Waals surface area contributed by atoms with Gasteiger partial charge < -0.3 is 14.8 Å². The molecule has 0 aliphatic heterocycles. The predicted octanol–water partition coefficient (Wildman–Crippen LogP) is 4.37. The molecule has 3 heterocycles. The highest BCUT2D eigenvalue weighted by molar-refractivity contribution is 5.70. The molecule has 4 rings (SSSR count). The quantitative estimate of drug-likeness (QED) is 0.492. The molecular weight excluding hydrogens is 367 g/mol. The van der Waals surface area contributed by atoms with E-state index in [-0.39, 0.29) is 0 Å². The molecule has 0 aliphatic rings. The summed E-state index contributed by atoms with van der Waals surface area (Å²) in [6.45, 7) is -0.705. The average Bonchev–Trinajstić information content (AvgIpc) is 3.21. The van der Waals surface area contributed by atoms with Crippen molar-refractivity contribution in [1.29, 1.82) is 0 Å². The SMILES string of the molecule is CNc1ccc(-c2ccc(-c3cn4cc(CCC(O)CF)ccc4n3)cc2)cn1. The van der Waals surface area contributed by atoms with Crippen LogP contribution in [0.3, 0.4) is 0 Å². The lowest BCUT2D eigenvalue weighted by Crippen LogP contribution is -2.10. The Morgan fingerprint density at radius 2 is 1.76 bits per heavy atom. The largest absolute Gasteiger partial charge is 0.390 e. The topological polar surface area (TPSA) is 62.5 Å². The second kappa shape index (κ2) is 8.41. The van der Waals surface area contributed by atoms with Crippen LogP contribution in [-0.2, 0) is 6.42 Å². The Balaban J connectivity index is 1.54. The van der Waals surface area contributed by atoms with Crippen molar-refractivity contribution in [3.63, 3.8) is 0 Å². The number of halogens is 1. The summed E-state index contributed by atoms with van der Waals surface area (Å²) < 4.78 is 14.4. The molecule has 2 N–H and O–H groups in total. The molecule has 0 radical (unpaired) electrons. The van der Waals surface area contributed by atoms with E-state index in [1.54, 1.807) is 0 Å². The van der Waals surface area contributed by atoms with Gasteiger partial charge in [0.1, 0.15) is 18.1 Å². The van der Waals surface area contributed by atoms with Gasteiger partial charge in [-0.3, -0.25) is 0 Å². The van der Waals surface area contributed by atoms with Gasteiger partial charge in [0.25, 0.3) is 0 Å². The maximum Gasteiger partial charge on any atom is 0.137 e. The van der Waals surface area contributed by atoms with Gasteiger partial charge in [-0.05, 0) is 42.2 Å². The van der Waals surface area contributed by atoms with Crippen molar-refractivity contribution in [2.75, 3.05) is 19.0 Å². The molecular formula is C23H23FN4O. The van der Waals surface area contributed by atoms with Gasteiger partial charge in [0, 0.05) is 36.8 Å². The first-order valence-electron chi connectivity index (χ1n) is 9.62. The number of hydrogen-bond acceptors (Lipinski definition) is 4. The van der Waals surface area contributed by atoms with Gasteiger partial charge in [0.2, 0.25) is 0 Å². The highest BCUT2D eigenvalue weighted by Gasteiger charge is 2.08. The van der Waals surface area contributed by atoms with Crippen LogP contribution in [0.15, 0.2) is 67.1 Å². The average molecular weight is 390 g/mol. The Kier molecular flexibility index (Phi) is 5.53. The number of hydrogen-bond donors (Lipinski definition) is 2. The Hall–Kier alpha value is -3.25. The van der Waals surface area contributed by atoms with Crippen LogP contribution < -0.4 is 5.32 Å². The Morgan fingerprint density at radius 3 is 2.45 bits per heavy atom. The maximum atomic E-state index is 12.4. The number of aromatic nitrogens is 3. The summed E-state index contributed by atoms with van der Waals surface area (Å²) in [6, 6.07) is 16.2. The number of aryl methyl sites for hydroxylation is 1. The van der Waals surface area contributed by atoms with Gasteiger partial charge in [-0.25, -0.2) is 14.4 Å². The van der Waals surface area contributed by atoms with Crippen LogP contribution in [0.5, 0.6) is 0 Å². The van der Waals surface area contributed by atoms with Crippen LogP contribution in [0.2, 0.25) is 0 Å². The number of fused-ring (bicyclic) bond motifs is 1. The zero-order valence-corrected chi connectivity index (χ0v) is 16.2. The predicted molar refractivity (Wildman–Crippen MR) is 114 cm³/mol. The van der Waals surface area contributed by atoms with E-state index in [1.165, 1.54) is 0 Å². The fourth-order valence-corrected chi connectivity index (χ4v) is 3.28. The van der Waals surface area contributed by atoms with Crippen molar-refractivity contribution in [2.24, 2.45) is 0 Å². The third-order valence-electron chi connectivity index (χ3n) is 4.99. The van der Waals surface area contributed by atoms with E-state index >= 15 is 0 Å². The minimum Gasteiger partial charge on any atom is -0.390 e. The molecule has 0 saturated carbocycles. The summed E-state index contributed by atoms with van der Waals surface area (Å²) in [5, 5.41) is 12.4. The molecule has 0 fully saturated rings. The van der Waals surface area contributed by atoms with Crippen LogP contribution in [0, 0.1) is 0 Å². The number of nitrogens with one attached hydrogen (secondary N) is 1. The van der Waals surface area contributed by atoms with E-state index in [2.05, 4.69) is 34.6 Å². The second-order valence-corrected chi connectivity index (χ2v) is 7.04. The molecule has 148 valence electrons. The summed E-state index contributed by atoms with van der Waals surface area (Å²) >= 11 is 0. The van der Waals surface area contributed by atoms with Gasteiger partial charge in [-0.2, -0.15) is 0 Å². The molecule has 1 atom stereocenters. The number of pyridine rings is 2. The van der Waals surface area contributed by atoms with E-state index in [0.29, 0.717) is 12.8 Å². The number of benzene rings is 1. The molecule has 0 spiro atoms. The van der Waals surface area contributed by atoms with Crippen LogP contribution in [0.1, 0.15) is 12.0 Å². The summed E-state index contributed by atoms with van der Waals surface area (Å²) in [4.78, 5) is 9.05. The van der Waals surface area contributed by atoms with Crippen LogP contribution in [-0.4, -0.2) is 39.3 Å². The van der Waals surface area contributed by atoms with Crippen molar-refractivity contribution >= 4 is 11.5 Å².